The molecule has 1 atom stereocenters. The number of aryl methyl sites for hydroxylation is 1. The van der Waals surface area contributed by atoms with Crippen molar-refractivity contribution < 1.29 is 14.0 Å². The molecule has 2 saturated heterocycles. The lowest BCUT2D eigenvalue weighted by atomic mass is 10.1. The number of likely N-dealkylation sites (tertiary alicyclic amines) is 1. The molecule has 3 heterocycles. The van der Waals surface area contributed by atoms with Crippen molar-refractivity contribution in [3.8, 4) is 0 Å². The van der Waals surface area contributed by atoms with E-state index in [1.807, 2.05) is 6.92 Å². The fourth-order valence-electron chi connectivity index (χ4n) is 3.15. The van der Waals surface area contributed by atoms with Crippen LogP contribution in [-0.4, -0.2) is 59.4 Å². The van der Waals surface area contributed by atoms with E-state index in [2.05, 4.69) is 15.3 Å². The van der Waals surface area contributed by atoms with Gasteiger partial charge in [-0.25, -0.2) is 14.4 Å². The Bertz CT molecular complexity index is 632. The van der Waals surface area contributed by atoms with Crippen LogP contribution in [0.15, 0.2) is 6.33 Å². The van der Waals surface area contributed by atoms with E-state index in [1.54, 1.807) is 16.8 Å². The van der Waals surface area contributed by atoms with Crippen LogP contribution in [0.3, 0.4) is 0 Å². The van der Waals surface area contributed by atoms with Crippen LogP contribution in [0.2, 0.25) is 0 Å². The first-order chi connectivity index (χ1) is 11.0. The van der Waals surface area contributed by atoms with Gasteiger partial charge < -0.3 is 15.1 Å². The number of nitrogens with one attached hydrogen (secondary N) is 1. The van der Waals surface area contributed by atoms with E-state index in [0.29, 0.717) is 37.6 Å². The Morgan fingerprint density at radius 3 is 2.78 bits per heavy atom. The maximum atomic E-state index is 14.2. The number of anilines is 1. The number of nitrogens with zero attached hydrogens (tertiary/aromatic N) is 4. The van der Waals surface area contributed by atoms with Crippen molar-refractivity contribution in [3.05, 3.63) is 17.8 Å². The maximum Gasteiger partial charge on any atom is 0.225 e. The Morgan fingerprint density at radius 2 is 2.13 bits per heavy atom. The van der Waals surface area contributed by atoms with E-state index in [4.69, 9.17) is 0 Å². The number of hydrogen-bond donors (Lipinski definition) is 1. The van der Waals surface area contributed by atoms with Gasteiger partial charge in [-0.15, -0.1) is 0 Å². The minimum absolute atomic E-state index is 0.0107. The number of aromatic nitrogens is 2. The minimum Gasteiger partial charge on any atom is -0.359 e. The second-order valence-corrected chi connectivity index (χ2v) is 5.93. The summed E-state index contributed by atoms with van der Waals surface area (Å²) in [6, 6.07) is 0.0107. The predicted octanol–water partition coefficient (Wildman–Crippen LogP) is -0.0388. The highest BCUT2D eigenvalue weighted by Gasteiger charge is 2.42. The molecule has 0 saturated carbocycles. The molecule has 124 valence electrons. The third-order valence-electron chi connectivity index (χ3n) is 4.56. The molecule has 1 N–H and O–H groups in total. The van der Waals surface area contributed by atoms with Crippen molar-refractivity contribution in [1.82, 2.24) is 20.2 Å². The van der Waals surface area contributed by atoms with Crippen molar-refractivity contribution in [1.29, 1.82) is 0 Å². The molecule has 2 aliphatic rings. The summed E-state index contributed by atoms with van der Waals surface area (Å²) >= 11 is 0. The first-order valence-corrected chi connectivity index (χ1v) is 7.80. The lowest BCUT2D eigenvalue weighted by Crippen LogP contribution is -2.60. The molecular formula is C15H20FN5O2. The standard InChI is InChI=1S/C15H20FN5O2/c1-3-11-13(16)14(19-8-18-11)20-6-10(7-20)21-5-9(4-12(21)22)15(23)17-2/h8-10H,3-7H2,1-2H3,(H,17,23). The highest BCUT2D eigenvalue weighted by atomic mass is 19.1. The number of halogens is 1. The monoisotopic (exact) mass is 321 g/mol. The van der Waals surface area contributed by atoms with Gasteiger partial charge in [0.2, 0.25) is 11.8 Å². The van der Waals surface area contributed by atoms with Gasteiger partial charge in [-0.05, 0) is 6.42 Å². The average Bonchev–Trinajstić information content (AvgIpc) is 2.88. The zero-order valence-corrected chi connectivity index (χ0v) is 13.3. The van der Waals surface area contributed by atoms with Gasteiger partial charge in [0.1, 0.15) is 6.33 Å². The largest absolute Gasteiger partial charge is 0.359 e. The van der Waals surface area contributed by atoms with Crippen LogP contribution in [0.4, 0.5) is 10.2 Å². The van der Waals surface area contributed by atoms with Crippen molar-refractivity contribution in [3.63, 3.8) is 0 Å². The Morgan fingerprint density at radius 1 is 1.39 bits per heavy atom. The van der Waals surface area contributed by atoms with Crippen LogP contribution >= 0.6 is 0 Å². The Kier molecular flexibility index (Phi) is 4.14. The molecule has 3 rings (SSSR count). The minimum atomic E-state index is -0.385. The van der Waals surface area contributed by atoms with Crippen molar-refractivity contribution >= 4 is 17.6 Å². The van der Waals surface area contributed by atoms with Crippen molar-refractivity contribution in [2.75, 3.05) is 31.6 Å². The van der Waals surface area contributed by atoms with Gasteiger partial charge >= 0.3 is 0 Å². The first kappa shape index (κ1) is 15.6. The van der Waals surface area contributed by atoms with Crippen LogP contribution in [0.25, 0.3) is 0 Å². The summed E-state index contributed by atoms with van der Waals surface area (Å²) in [6.45, 7) is 3.34. The van der Waals surface area contributed by atoms with Gasteiger partial charge in [-0.2, -0.15) is 0 Å². The maximum absolute atomic E-state index is 14.2. The number of hydrogen-bond acceptors (Lipinski definition) is 5. The summed E-state index contributed by atoms with van der Waals surface area (Å²) in [5.74, 6) is -0.497. The Hall–Kier alpha value is -2.25. The molecule has 0 spiro atoms. The van der Waals surface area contributed by atoms with Gasteiger partial charge in [0.15, 0.2) is 11.6 Å². The summed E-state index contributed by atoms with van der Waals surface area (Å²) < 4.78 is 14.2. The Labute approximate surface area is 133 Å². The number of rotatable bonds is 4. The van der Waals surface area contributed by atoms with E-state index >= 15 is 0 Å². The third kappa shape index (κ3) is 2.73. The molecular weight excluding hydrogens is 301 g/mol. The lowest BCUT2D eigenvalue weighted by molar-refractivity contribution is -0.130. The van der Waals surface area contributed by atoms with Crippen molar-refractivity contribution in [2.24, 2.45) is 5.92 Å². The molecule has 1 aromatic heterocycles. The molecule has 0 aliphatic carbocycles. The second kappa shape index (κ2) is 6.10. The SMILES string of the molecule is CCc1ncnc(N2CC(N3CC(C(=O)NC)CC3=O)C2)c1F. The summed E-state index contributed by atoms with van der Waals surface area (Å²) in [5, 5.41) is 2.58. The summed E-state index contributed by atoms with van der Waals surface area (Å²) in [5.41, 5.74) is 0.398. The molecule has 0 bridgehead atoms. The van der Waals surface area contributed by atoms with Gasteiger partial charge in [0, 0.05) is 33.1 Å². The zero-order chi connectivity index (χ0) is 16.6. The molecule has 2 fully saturated rings. The molecule has 1 aromatic rings. The normalized spacial score (nSPS) is 21.5. The molecule has 7 nitrogen and oxygen atoms in total. The average molecular weight is 321 g/mol. The van der Waals surface area contributed by atoms with Crippen LogP contribution in [0.5, 0.6) is 0 Å². The van der Waals surface area contributed by atoms with Gasteiger partial charge in [-0.1, -0.05) is 6.92 Å². The fourth-order valence-corrected chi connectivity index (χ4v) is 3.15. The topological polar surface area (TPSA) is 78.4 Å². The number of carbonyl (C=O) groups is 2. The van der Waals surface area contributed by atoms with Gasteiger partial charge in [0.25, 0.3) is 0 Å². The highest BCUT2D eigenvalue weighted by molar-refractivity contribution is 5.89. The van der Waals surface area contributed by atoms with Crippen molar-refractivity contribution in [2.45, 2.75) is 25.8 Å². The summed E-state index contributed by atoms with van der Waals surface area (Å²) in [4.78, 5) is 35.2. The lowest BCUT2D eigenvalue weighted by Gasteiger charge is -2.44. The molecule has 0 aromatic carbocycles. The van der Waals surface area contributed by atoms with Crippen LogP contribution in [0, 0.1) is 11.7 Å². The second-order valence-electron chi connectivity index (χ2n) is 5.93. The first-order valence-electron chi connectivity index (χ1n) is 7.80. The summed E-state index contributed by atoms with van der Waals surface area (Å²) in [6.07, 6.45) is 2.13. The molecule has 0 radical (unpaired) electrons. The predicted molar refractivity (Wildman–Crippen MR) is 81.3 cm³/mol. The smallest absolute Gasteiger partial charge is 0.225 e. The number of amides is 2. The highest BCUT2D eigenvalue weighted by Crippen LogP contribution is 2.29. The Balaban J connectivity index is 1.63. The van der Waals surface area contributed by atoms with E-state index < -0.39 is 0 Å². The fraction of sp³-hybridized carbons (Fsp3) is 0.600. The molecule has 2 aliphatic heterocycles. The van der Waals surface area contributed by atoms with Crippen LogP contribution in [-0.2, 0) is 16.0 Å². The van der Waals surface area contributed by atoms with Crippen LogP contribution < -0.4 is 10.2 Å². The van der Waals surface area contributed by atoms with Crippen LogP contribution in [0.1, 0.15) is 19.0 Å². The number of carbonyl (C=O) groups excluding carboxylic acids is 2. The molecule has 23 heavy (non-hydrogen) atoms. The zero-order valence-electron chi connectivity index (χ0n) is 13.3. The quantitative estimate of drug-likeness (QED) is 0.842. The molecule has 2 amide bonds. The molecule has 8 heteroatoms. The summed E-state index contributed by atoms with van der Waals surface area (Å²) in [7, 11) is 1.57. The van der Waals surface area contributed by atoms with E-state index in [-0.39, 0.29) is 36.0 Å². The van der Waals surface area contributed by atoms with E-state index in [9.17, 15) is 14.0 Å². The molecule has 1 unspecified atom stereocenters. The van der Waals surface area contributed by atoms with E-state index in [0.717, 1.165) is 0 Å². The third-order valence-corrected chi connectivity index (χ3v) is 4.56. The van der Waals surface area contributed by atoms with E-state index in [1.165, 1.54) is 6.33 Å². The van der Waals surface area contributed by atoms with Gasteiger partial charge in [0.05, 0.1) is 17.7 Å². The van der Waals surface area contributed by atoms with Gasteiger partial charge in [-0.3, -0.25) is 9.59 Å².